The molecule has 0 bridgehead atoms. The van der Waals surface area contributed by atoms with E-state index >= 15 is 0 Å². The third-order valence-electron chi connectivity index (χ3n) is 9.48. The van der Waals surface area contributed by atoms with Crippen LogP contribution in [-0.2, 0) is 10.0 Å². The van der Waals surface area contributed by atoms with Gasteiger partial charge in [0.25, 0.3) is 0 Å². The highest BCUT2D eigenvalue weighted by atomic mass is 35.5. The van der Waals surface area contributed by atoms with E-state index in [-0.39, 0.29) is 24.8 Å². The first-order valence-electron chi connectivity index (χ1n) is 18.9. The first kappa shape index (κ1) is 44.8. The van der Waals surface area contributed by atoms with Crippen molar-refractivity contribution in [3.63, 3.8) is 0 Å². The minimum absolute atomic E-state index is 0. The van der Waals surface area contributed by atoms with Crippen LogP contribution in [0.1, 0.15) is 23.3 Å². The van der Waals surface area contributed by atoms with Crippen LogP contribution < -0.4 is 24.8 Å². The molecule has 11 nitrogen and oxygen atoms in total. The van der Waals surface area contributed by atoms with Crippen molar-refractivity contribution in [2.24, 2.45) is 0 Å². The predicted molar refractivity (Wildman–Crippen MR) is 244 cm³/mol. The Labute approximate surface area is 356 Å². The number of aliphatic hydroxyl groups is 2. The van der Waals surface area contributed by atoms with E-state index in [9.17, 15) is 18.6 Å². The number of aliphatic hydroxyl groups excluding tert-OH is 2. The van der Waals surface area contributed by atoms with Gasteiger partial charge in [0.15, 0.2) is 0 Å². The lowest BCUT2D eigenvalue weighted by molar-refractivity contribution is 0.171. The second kappa shape index (κ2) is 21.1. The van der Waals surface area contributed by atoms with E-state index in [0.29, 0.717) is 50.6 Å². The van der Waals surface area contributed by atoms with Crippen LogP contribution in [-0.4, -0.2) is 74.2 Å². The number of benzene rings is 6. The molecule has 7 N–H and O–H groups in total. The molecule has 2 aromatic heterocycles. The third kappa shape index (κ3) is 12.1. The third-order valence-corrected chi connectivity index (χ3v) is 10.1. The number of fused-ring (bicyclic) bond motifs is 6. The molecule has 2 atom stereocenters. The summed E-state index contributed by atoms with van der Waals surface area (Å²) in [6.45, 7) is 3.07. The van der Waals surface area contributed by atoms with Gasteiger partial charge in [-0.25, -0.2) is 8.42 Å². The van der Waals surface area contributed by atoms with Gasteiger partial charge in [-0.05, 0) is 59.7 Å². The van der Waals surface area contributed by atoms with Gasteiger partial charge in [-0.15, -0.1) is 24.8 Å². The summed E-state index contributed by atoms with van der Waals surface area (Å²) >= 11 is 0. The maximum absolute atomic E-state index is 11.4. The highest BCUT2D eigenvalue weighted by molar-refractivity contribution is 7.92. The van der Waals surface area contributed by atoms with Gasteiger partial charge < -0.3 is 40.3 Å². The van der Waals surface area contributed by atoms with Crippen LogP contribution in [0.25, 0.3) is 43.6 Å². The van der Waals surface area contributed by atoms with Gasteiger partial charge >= 0.3 is 0 Å². The monoisotopic (exact) mass is 857 g/mol. The standard InChI is InChI=1S/C23H25N3O4S.C22H22N2O2.2ClH/c1-31(28,29)26-17-6-4-5-16(13-17)23(27)15-24-11-12-30-18-9-10-20-19-7-2-3-8-21(19)25-22(20)14-18;25-22(16-6-2-1-3-7-16)15-23-12-13-26-17-10-11-19-18-8-4-5-9-20(18)24-21(19)14-17;;/h2-10,13-14,23-27H,11-12,15H2,1H3;1-11,14,22-25H,12-13,15H2;2*1H. The number of ether oxygens (including phenoxy) is 2. The van der Waals surface area contributed by atoms with Gasteiger partial charge in [0.2, 0.25) is 10.0 Å². The predicted octanol–water partition coefficient (Wildman–Crippen LogP) is 8.26. The normalized spacial score (nSPS) is 12.3. The smallest absolute Gasteiger partial charge is 0.229 e. The highest BCUT2D eigenvalue weighted by Gasteiger charge is 2.11. The number of nitrogens with one attached hydrogen (secondary N) is 5. The summed E-state index contributed by atoms with van der Waals surface area (Å²) in [6.07, 6.45) is -0.170. The van der Waals surface area contributed by atoms with E-state index < -0.39 is 22.2 Å². The SMILES string of the molecule is CS(=O)(=O)Nc1cccc(C(O)CNCCOc2ccc3c(c2)[nH]c2ccccc23)c1.Cl.Cl.OC(CNCCOc1ccc2c(c1)[nH]c1ccccc12)c1ccccc1. The van der Waals surface area contributed by atoms with E-state index in [1.165, 1.54) is 16.2 Å². The summed E-state index contributed by atoms with van der Waals surface area (Å²) in [5, 5.41) is 31.7. The molecule has 8 rings (SSSR count). The molecule has 0 saturated heterocycles. The average molecular weight is 859 g/mol. The largest absolute Gasteiger partial charge is 0.492 e. The van der Waals surface area contributed by atoms with Gasteiger partial charge in [-0.2, -0.15) is 0 Å². The summed E-state index contributed by atoms with van der Waals surface area (Å²) in [6, 6.07) is 45.0. The molecule has 59 heavy (non-hydrogen) atoms. The average Bonchev–Trinajstić information content (AvgIpc) is 3.78. The molecule has 2 unspecified atom stereocenters. The van der Waals surface area contributed by atoms with Crippen LogP contribution in [0, 0.1) is 0 Å². The molecule has 0 spiro atoms. The molecule has 6 aromatic carbocycles. The van der Waals surface area contributed by atoms with Crippen molar-refractivity contribution < 1.29 is 28.1 Å². The quantitative estimate of drug-likeness (QED) is 0.0479. The molecular formula is C45H49Cl2N5O6S. The Morgan fingerprint density at radius 3 is 1.53 bits per heavy atom. The van der Waals surface area contributed by atoms with E-state index in [1.54, 1.807) is 24.3 Å². The number of hydrogen-bond acceptors (Lipinski definition) is 8. The molecular weight excluding hydrogens is 809 g/mol. The summed E-state index contributed by atoms with van der Waals surface area (Å²) in [5.74, 6) is 1.62. The summed E-state index contributed by atoms with van der Waals surface area (Å²) in [7, 11) is -3.36. The maximum atomic E-state index is 11.4. The Morgan fingerprint density at radius 1 is 0.542 bits per heavy atom. The molecule has 0 radical (unpaired) electrons. The van der Waals surface area contributed by atoms with Crippen LogP contribution >= 0.6 is 24.8 Å². The van der Waals surface area contributed by atoms with Crippen molar-refractivity contribution in [3.05, 3.63) is 151 Å². The second-order valence-electron chi connectivity index (χ2n) is 13.8. The second-order valence-corrected chi connectivity index (χ2v) is 15.6. The van der Waals surface area contributed by atoms with E-state index in [1.807, 2.05) is 72.8 Å². The number of sulfonamides is 1. The number of aromatic nitrogens is 2. The molecule has 0 aliphatic carbocycles. The molecule has 0 fully saturated rings. The zero-order chi connectivity index (χ0) is 39.6. The van der Waals surface area contributed by atoms with Crippen molar-refractivity contribution in [2.45, 2.75) is 12.2 Å². The lowest BCUT2D eigenvalue weighted by Gasteiger charge is -2.14. The molecule has 310 valence electrons. The van der Waals surface area contributed by atoms with Gasteiger partial charge in [-0.1, -0.05) is 78.9 Å². The van der Waals surface area contributed by atoms with Crippen molar-refractivity contribution >= 4 is 84.1 Å². The summed E-state index contributed by atoms with van der Waals surface area (Å²) < 4.78 is 36.8. The number of halogens is 2. The number of para-hydroxylation sites is 2. The maximum Gasteiger partial charge on any atom is 0.229 e. The highest BCUT2D eigenvalue weighted by Crippen LogP contribution is 2.29. The van der Waals surface area contributed by atoms with Gasteiger partial charge in [0.05, 0.1) is 29.5 Å². The van der Waals surface area contributed by atoms with Gasteiger partial charge in [-0.3, -0.25) is 4.72 Å². The van der Waals surface area contributed by atoms with Crippen LogP contribution in [0.2, 0.25) is 0 Å². The van der Waals surface area contributed by atoms with Gasteiger partial charge in [0.1, 0.15) is 24.7 Å². The lowest BCUT2D eigenvalue weighted by atomic mass is 10.1. The van der Waals surface area contributed by atoms with E-state index in [2.05, 4.69) is 67.8 Å². The van der Waals surface area contributed by atoms with E-state index in [4.69, 9.17) is 9.47 Å². The summed E-state index contributed by atoms with van der Waals surface area (Å²) in [5.41, 5.74) is 6.32. The Morgan fingerprint density at radius 2 is 1.00 bits per heavy atom. The molecule has 0 aliphatic rings. The number of aromatic amines is 2. The Hall–Kier alpha value is -5.31. The fourth-order valence-electron chi connectivity index (χ4n) is 6.74. The van der Waals surface area contributed by atoms with Gasteiger partial charge in [0, 0.05) is 76.6 Å². The zero-order valence-electron chi connectivity index (χ0n) is 32.4. The number of hydrogen-bond donors (Lipinski definition) is 7. The Kier molecular flexibility index (Phi) is 16.0. The molecule has 0 aliphatic heterocycles. The summed E-state index contributed by atoms with van der Waals surface area (Å²) in [4.78, 5) is 6.82. The first-order valence-corrected chi connectivity index (χ1v) is 20.8. The first-order chi connectivity index (χ1) is 27.7. The number of H-pyrrole nitrogens is 2. The number of rotatable bonds is 16. The van der Waals surface area contributed by atoms with E-state index in [0.717, 1.165) is 50.8 Å². The topological polar surface area (TPSA) is 161 Å². The molecule has 8 aromatic rings. The van der Waals surface area contributed by atoms with Crippen LogP contribution in [0.15, 0.2) is 140 Å². The van der Waals surface area contributed by atoms with Crippen molar-refractivity contribution in [1.29, 1.82) is 0 Å². The minimum atomic E-state index is -3.36. The molecule has 0 saturated carbocycles. The molecule has 2 heterocycles. The molecule has 14 heteroatoms. The van der Waals surface area contributed by atoms with Crippen LogP contribution in [0.3, 0.4) is 0 Å². The molecule has 0 amide bonds. The van der Waals surface area contributed by atoms with Crippen LogP contribution in [0.5, 0.6) is 11.5 Å². The fourth-order valence-corrected chi connectivity index (χ4v) is 7.30. The zero-order valence-corrected chi connectivity index (χ0v) is 34.9. The fraction of sp³-hybridized carbons (Fsp3) is 0.200. The van der Waals surface area contributed by atoms with Crippen LogP contribution in [0.4, 0.5) is 5.69 Å². The van der Waals surface area contributed by atoms with Crippen molar-refractivity contribution in [2.75, 3.05) is 50.4 Å². The van der Waals surface area contributed by atoms with Crippen molar-refractivity contribution in [3.8, 4) is 11.5 Å². The van der Waals surface area contributed by atoms with Crippen molar-refractivity contribution in [1.82, 2.24) is 20.6 Å². The Balaban J connectivity index is 0.000000220. The minimum Gasteiger partial charge on any atom is -0.492 e. The number of anilines is 1. The lowest BCUT2D eigenvalue weighted by Crippen LogP contribution is -2.26. The Bertz CT molecular complexity index is 2680.